The molecule has 0 radical (unpaired) electrons. The number of anilines is 1. The number of carbonyl (C=O) groups is 1. The number of nitrogens with one attached hydrogen (secondary N) is 1. The number of piperidine rings is 1. The van der Waals surface area contributed by atoms with Gasteiger partial charge in [0.15, 0.2) is 0 Å². The van der Waals surface area contributed by atoms with Crippen LogP contribution in [0.25, 0.3) is 0 Å². The van der Waals surface area contributed by atoms with Gasteiger partial charge in [-0.05, 0) is 36.6 Å². The Bertz CT molecular complexity index is 755. The van der Waals surface area contributed by atoms with Crippen molar-refractivity contribution in [3.8, 4) is 5.75 Å². The minimum absolute atomic E-state index is 0.0196. The fourth-order valence-corrected chi connectivity index (χ4v) is 3.79. The molecule has 0 spiro atoms. The Labute approximate surface area is 147 Å². The molecule has 2 heterocycles. The summed E-state index contributed by atoms with van der Waals surface area (Å²) in [5.74, 6) is 0.152. The Morgan fingerprint density at radius 3 is 2.60 bits per heavy atom. The summed E-state index contributed by atoms with van der Waals surface area (Å²) in [6, 6.07) is 15.7. The summed E-state index contributed by atoms with van der Waals surface area (Å²) in [7, 11) is 0. The zero-order valence-corrected chi connectivity index (χ0v) is 14.2. The van der Waals surface area contributed by atoms with Crippen LogP contribution in [0.3, 0.4) is 0 Å². The normalized spacial score (nSPS) is 18.7. The first-order chi connectivity index (χ1) is 12.2. The molecule has 1 fully saturated rings. The van der Waals surface area contributed by atoms with E-state index in [4.69, 9.17) is 0 Å². The molecule has 4 rings (SSSR count). The second-order valence-corrected chi connectivity index (χ2v) is 6.83. The van der Waals surface area contributed by atoms with Crippen molar-refractivity contribution in [3.05, 3.63) is 59.7 Å². The van der Waals surface area contributed by atoms with Gasteiger partial charge in [0.05, 0.1) is 12.2 Å². The molecule has 0 bridgehead atoms. The van der Waals surface area contributed by atoms with E-state index in [0.717, 1.165) is 38.2 Å². The van der Waals surface area contributed by atoms with Crippen LogP contribution >= 0.6 is 0 Å². The molecule has 2 aliphatic heterocycles. The van der Waals surface area contributed by atoms with Crippen molar-refractivity contribution < 1.29 is 9.90 Å². The van der Waals surface area contributed by atoms with Gasteiger partial charge in [0.1, 0.15) is 5.75 Å². The van der Waals surface area contributed by atoms with E-state index >= 15 is 0 Å². The minimum atomic E-state index is 0.0196. The van der Waals surface area contributed by atoms with Crippen molar-refractivity contribution in [2.24, 2.45) is 0 Å². The maximum absolute atomic E-state index is 12.8. The molecule has 2 N–H and O–H groups in total. The summed E-state index contributed by atoms with van der Waals surface area (Å²) in [6.07, 6.45) is 1.96. The number of phenols is 1. The monoisotopic (exact) mass is 337 g/mol. The second kappa shape index (κ2) is 6.76. The number of amides is 1. The van der Waals surface area contributed by atoms with Gasteiger partial charge in [-0.1, -0.05) is 30.3 Å². The first kappa shape index (κ1) is 16.0. The van der Waals surface area contributed by atoms with Crippen molar-refractivity contribution in [3.63, 3.8) is 0 Å². The quantitative estimate of drug-likeness (QED) is 0.846. The van der Waals surface area contributed by atoms with Crippen LogP contribution in [0.1, 0.15) is 28.8 Å². The number of benzene rings is 2. The van der Waals surface area contributed by atoms with Gasteiger partial charge in [-0.25, -0.2) is 0 Å². The lowest BCUT2D eigenvalue weighted by Crippen LogP contribution is -2.50. The van der Waals surface area contributed by atoms with Gasteiger partial charge in [-0.15, -0.1) is 0 Å². The van der Waals surface area contributed by atoms with Gasteiger partial charge in [-0.3, -0.25) is 9.69 Å². The van der Waals surface area contributed by atoms with E-state index in [9.17, 15) is 9.90 Å². The van der Waals surface area contributed by atoms with E-state index in [1.807, 2.05) is 11.0 Å². The van der Waals surface area contributed by atoms with E-state index in [0.29, 0.717) is 12.2 Å². The summed E-state index contributed by atoms with van der Waals surface area (Å²) in [5, 5.41) is 13.0. The van der Waals surface area contributed by atoms with Gasteiger partial charge in [0.2, 0.25) is 0 Å². The predicted molar refractivity (Wildman–Crippen MR) is 97.5 cm³/mol. The third kappa shape index (κ3) is 3.33. The molecule has 2 aromatic carbocycles. The molecule has 0 aliphatic carbocycles. The SMILES string of the molecule is O=C1c2cc(O)ccc2NCN1C1CCN(Cc2ccccc2)CC1. The number of rotatable bonds is 3. The average Bonchev–Trinajstić information content (AvgIpc) is 2.64. The number of nitrogens with zero attached hydrogens (tertiary/aromatic N) is 2. The molecule has 1 saturated heterocycles. The number of hydrogen-bond donors (Lipinski definition) is 2. The smallest absolute Gasteiger partial charge is 0.257 e. The zero-order chi connectivity index (χ0) is 17.2. The molecule has 0 unspecified atom stereocenters. The van der Waals surface area contributed by atoms with Crippen molar-refractivity contribution in [2.75, 3.05) is 25.1 Å². The lowest BCUT2D eigenvalue weighted by atomic mass is 10.00. The van der Waals surface area contributed by atoms with Crippen molar-refractivity contribution >= 4 is 11.6 Å². The van der Waals surface area contributed by atoms with Crippen LogP contribution in [-0.4, -0.2) is 46.6 Å². The highest BCUT2D eigenvalue weighted by Gasteiger charge is 2.32. The summed E-state index contributed by atoms with van der Waals surface area (Å²) < 4.78 is 0. The molecule has 5 heteroatoms. The Hall–Kier alpha value is -2.53. The molecule has 2 aliphatic rings. The van der Waals surface area contributed by atoms with Crippen LogP contribution in [0.15, 0.2) is 48.5 Å². The third-order valence-electron chi connectivity index (χ3n) is 5.18. The molecule has 1 amide bonds. The van der Waals surface area contributed by atoms with E-state index in [2.05, 4.69) is 34.5 Å². The molecule has 25 heavy (non-hydrogen) atoms. The number of aromatic hydroxyl groups is 1. The van der Waals surface area contributed by atoms with Crippen LogP contribution < -0.4 is 5.32 Å². The highest BCUT2D eigenvalue weighted by atomic mass is 16.3. The fourth-order valence-electron chi connectivity index (χ4n) is 3.79. The Morgan fingerprint density at radius 2 is 1.84 bits per heavy atom. The van der Waals surface area contributed by atoms with Crippen molar-refractivity contribution in [1.29, 1.82) is 0 Å². The van der Waals surface area contributed by atoms with E-state index in [1.54, 1.807) is 18.2 Å². The van der Waals surface area contributed by atoms with Crippen LogP contribution in [0, 0.1) is 0 Å². The van der Waals surface area contributed by atoms with Crippen LogP contribution in [0.4, 0.5) is 5.69 Å². The second-order valence-electron chi connectivity index (χ2n) is 6.83. The van der Waals surface area contributed by atoms with Crippen molar-refractivity contribution in [1.82, 2.24) is 9.80 Å². The van der Waals surface area contributed by atoms with Gasteiger partial charge in [-0.2, -0.15) is 0 Å². The lowest BCUT2D eigenvalue weighted by Gasteiger charge is -2.40. The van der Waals surface area contributed by atoms with Gasteiger partial charge >= 0.3 is 0 Å². The molecule has 2 aromatic rings. The molecule has 0 saturated carbocycles. The number of hydrogen-bond acceptors (Lipinski definition) is 4. The van der Waals surface area contributed by atoms with Crippen molar-refractivity contribution in [2.45, 2.75) is 25.4 Å². The summed E-state index contributed by atoms with van der Waals surface area (Å²) >= 11 is 0. The first-order valence-corrected chi connectivity index (χ1v) is 8.85. The number of fused-ring (bicyclic) bond motifs is 1. The summed E-state index contributed by atoms with van der Waals surface area (Å²) in [6.45, 7) is 3.50. The molecule has 5 nitrogen and oxygen atoms in total. The summed E-state index contributed by atoms with van der Waals surface area (Å²) in [4.78, 5) is 17.2. The molecule has 0 aromatic heterocycles. The predicted octanol–water partition coefficient (Wildman–Crippen LogP) is 2.88. The first-order valence-electron chi connectivity index (χ1n) is 8.85. The van der Waals surface area contributed by atoms with E-state index < -0.39 is 0 Å². The summed E-state index contributed by atoms with van der Waals surface area (Å²) in [5.41, 5.74) is 2.71. The van der Waals surface area contributed by atoms with Crippen LogP contribution in [-0.2, 0) is 6.54 Å². The third-order valence-corrected chi connectivity index (χ3v) is 5.18. The van der Waals surface area contributed by atoms with Crippen LogP contribution in [0.5, 0.6) is 5.75 Å². The Balaban J connectivity index is 1.39. The Morgan fingerprint density at radius 1 is 1.08 bits per heavy atom. The molecular formula is C20H23N3O2. The standard InChI is InChI=1S/C20H23N3O2/c24-17-6-7-19-18(12-17)20(25)23(14-21-19)16-8-10-22(11-9-16)13-15-4-2-1-3-5-15/h1-7,12,16,21,24H,8-11,13-14H2. The maximum atomic E-state index is 12.8. The van der Waals surface area contributed by atoms with Gasteiger partial charge < -0.3 is 15.3 Å². The lowest BCUT2D eigenvalue weighted by molar-refractivity contribution is 0.0573. The molecular weight excluding hydrogens is 314 g/mol. The number of carbonyl (C=O) groups excluding carboxylic acids is 1. The molecule has 0 atom stereocenters. The maximum Gasteiger partial charge on any atom is 0.257 e. The largest absolute Gasteiger partial charge is 0.508 e. The van der Waals surface area contributed by atoms with E-state index in [1.165, 1.54) is 5.56 Å². The van der Waals surface area contributed by atoms with Gasteiger partial charge in [0, 0.05) is 31.4 Å². The van der Waals surface area contributed by atoms with Crippen LogP contribution in [0.2, 0.25) is 0 Å². The topological polar surface area (TPSA) is 55.8 Å². The number of phenolic OH excluding ortho intramolecular Hbond substituents is 1. The molecule has 130 valence electrons. The number of likely N-dealkylation sites (tertiary alicyclic amines) is 1. The van der Waals surface area contributed by atoms with E-state index in [-0.39, 0.29) is 17.7 Å². The van der Waals surface area contributed by atoms with Gasteiger partial charge in [0.25, 0.3) is 5.91 Å². The highest BCUT2D eigenvalue weighted by molar-refractivity contribution is 6.01. The fraction of sp³-hybridized carbons (Fsp3) is 0.350. The average molecular weight is 337 g/mol. The Kier molecular flexibility index (Phi) is 4.32. The minimum Gasteiger partial charge on any atom is -0.508 e. The highest BCUT2D eigenvalue weighted by Crippen LogP contribution is 2.29. The zero-order valence-electron chi connectivity index (χ0n) is 14.2.